The predicted molar refractivity (Wildman–Crippen MR) is 74.2 cm³/mol. The van der Waals surface area contributed by atoms with Crippen LogP contribution >= 0.6 is 11.6 Å². The van der Waals surface area contributed by atoms with Gasteiger partial charge in [0.05, 0.1) is 4.92 Å². The number of nitro groups is 1. The molecule has 110 valence electrons. The molecule has 0 radical (unpaired) electrons. The molecule has 0 spiro atoms. The van der Waals surface area contributed by atoms with Gasteiger partial charge < -0.3 is 0 Å². The van der Waals surface area contributed by atoms with Crippen LogP contribution in [0.2, 0.25) is 5.02 Å². The maximum absolute atomic E-state index is 12.1. The Hall–Kier alpha value is -2.55. The van der Waals surface area contributed by atoms with Gasteiger partial charge >= 0.3 is 0 Å². The highest BCUT2D eigenvalue weighted by atomic mass is 35.5. The lowest BCUT2D eigenvalue weighted by Gasteiger charge is -2.05. The molecular formula is C11H11ClN6O3. The number of carbonyl (C=O) groups is 1. The zero-order valence-corrected chi connectivity index (χ0v) is 11.7. The van der Waals surface area contributed by atoms with Crippen LogP contribution in [0.15, 0.2) is 18.2 Å². The normalized spacial score (nSPS) is 10.4. The summed E-state index contributed by atoms with van der Waals surface area (Å²) < 4.78 is 1.43. The van der Waals surface area contributed by atoms with Crippen LogP contribution in [0.5, 0.6) is 0 Å². The van der Waals surface area contributed by atoms with Gasteiger partial charge in [-0.3, -0.25) is 20.2 Å². The highest BCUT2D eigenvalue weighted by molar-refractivity contribution is 6.32. The van der Waals surface area contributed by atoms with E-state index in [9.17, 15) is 14.9 Å². The van der Waals surface area contributed by atoms with Crippen molar-refractivity contribution in [2.45, 2.75) is 19.9 Å². The number of hydrogen-bond acceptors (Lipinski definition) is 6. The quantitative estimate of drug-likeness (QED) is 0.666. The van der Waals surface area contributed by atoms with Crippen molar-refractivity contribution in [2.24, 2.45) is 0 Å². The first-order valence-electron chi connectivity index (χ1n) is 6.04. The molecule has 9 nitrogen and oxygen atoms in total. The second-order valence-electron chi connectivity index (χ2n) is 4.10. The highest BCUT2D eigenvalue weighted by Gasteiger charge is 2.17. The Morgan fingerprint density at radius 3 is 2.95 bits per heavy atom. The molecule has 0 bridgehead atoms. The minimum absolute atomic E-state index is 0.0348. The molecule has 2 aromatic rings. The maximum Gasteiger partial charge on any atom is 0.288 e. The van der Waals surface area contributed by atoms with Gasteiger partial charge in [-0.05, 0) is 29.0 Å². The van der Waals surface area contributed by atoms with Crippen LogP contribution in [0.3, 0.4) is 0 Å². The number of carbonyl (C=O) groups excluding carboxylic acids is 1. The van der Waals surface area contributed by atoms with Crippen molar-refractivity contribution in [1.82, 2.24) is 20.2 Å². The predicted octanol–water partition coefficient (Wildman–Crippen LogP) is 1.90. The van der Waals surface area contributed by atoms with Crippen molar-refractivity contribution in [1.29, 1.82) is 0 Å². The Labute approximate surface area is 124 Å². The van der Waals surface area contributed by atoms with Crippen LogP contribution in [0, 0.1) is 10.1 Å². The lowest BCUT2D eigenvalue weighted by molar-refractivity contribution is -0.384. The largest absolute Gasteiger partial charge is 0.289 e. The lowest BCUT2D eigenvalue weighted by atomic mass is 10.2. The number of aryl methyl sites for hydroxylation is 1. The summed E-state index contributed by atoms with van der Waals surface area (Å²) in [6.45, 7) is 2.49. The molecule has 0 aliphatic heterocycles. The number of nitrogens with zero attached hydrogens (tertiary/aromatic N) is 5. The van der Waals surface area contributed by atoms with Crippen molar-refractivity contribution in [3.63, 3.8) is 0 Å². The molecule has 10 heteroatoms. The molecule has 1 heterocycles. The first-order chi connectivity index (χ1) is 10.0. The number of nitro benzene ring substituents is 1. The van der Waals surface area contributed by atoms with Gasteiger partial charge in [0.15, 0.2) is 0 Å². The lowest BCUT2D eigenvalue weighted by Crippen LogP contribution is -2.16. The molecule has 1 aromatic carbocycles. The van der Waals surface area contributed by atoms with Gasteiger partial charge in [0.25, 0.3) is 11.6 Å². The third kappa shape index (κ3) is 3.31. The Morgan fingerprint density at radius 2 is 2.29 bits per heavy atom. The van der Waals surface area contributed by atoms with Crippen LogP contribution in [-0.2, 0) is 6.54 Å². The van der Waals surface area contributed by atoms with Crippen LogP contribution in [-0.4, -0.2) is 31.0 Å². The molecule has 0 saturated carbocycles. The Kier molecular flexibility index (Phi) is 4.43. The van der Waals surface area contributed by atoms with E-state index < -0.39 is 10.8 Å². The zero-order chi connectivity index (χ0) is 15.4. The van der Waals surface area contributed by atoms with Crippen LogP contribution in [0.25, 0.3) is 0 Å². The van der Waals surface area contributed by atoms with E-state index in [0.29, 0.717) is 6.54 Å². The standard InChI is InChI=1S/C11H11ClN6O3/c1-2-5-17-11(14-15-16-17)13-10(19)7-3-4-8(12)9(6-7)18(20)21/h3-4,6H,2,5H2,1H3,(H,13,14,16,19). The first-order valence-corrected chi connectivity index (χ1v) is 6.42. The zero-order valence-electron chi connectivity index (χ0n) is 11.0. The van der Waals surface area contributed by atoms with Gasteiger partial charge in [0.1, 0.15) is 5.02 Å². The molecule has 0 aliphatic rings. The van der Waals surface area contributed by atoms with Crippen molar-refractivity contribution in [3.8, 4) is 0 Å². The molecule has 0 fully saturated rings. The van der Waals surface area contributed by atoms with Crippen LogP contribution in [0.1, 0.15) is 23.7 Å². The average molecular weight is 311 g/mol. The van der Waals surface area contributed by atoms with E-state index in [1.54, 1.807) is 0 Å². The highest BCUT2D eigenvalue weighted by Crippen LogP contribution is 2.25. The number of rotatable bonds is 5. The Balaban J connectivity index is 2.22. The summed E-state index contributed by atoms with van der Waals surface area (Å²) in [7, 11) is 0. The second-order valence-corrected chi connectivity index (χ2v) is 4.51. The summed E-state index contributed by atoms with van der Waals surface area (Å²) in [6.07, 6.45) is 0.792. The van der Waals surface area contributed by atoms with Crippen LogP contribution in [0.4, 0.5) is 11.6 Å². The number of amides is 1. The number of aromatic nitrogens is 4. The molecule has 1 N–H and O–H groups in total. The molecule has 0 aliphatic carbocycles. The van der Waals surface area contributed by atoms with E-state index in [-0.39, 0.29) is 22.2 Å². The summed E-state index contributed by atoms with van der Waals surface area (Å²) in [4.78, 5) is 22.2. The fourth-order valence-corrected chi connectivity index (χ4v) is 1.81. The second kappa shape index (κ2) is 6.27. The number of anilines is 1. The van der Waals surface area contributed by atoms with Gasteiger partial charge in [-0.1, -0.05) is 23.6 Å². The van der Waals surface area contributed by atoms with E-state index >= 15 is 0 Å². The van der Waals surface area contributed by atoms with E-state index in [1.807, 2.05) is 6.92 Å². The number of tetrazole rings is 1. The summed E-state index contributed by atoms with van der Waals surface area (Å²) in [5, 5.41) is 24.1. The Bertz CT molecular complexity index is 686. The van der Waals surface area contributed by atoms with Gasteiger partial charge in [-0.2, -0.15) is 0 Å². The number of benzene rings is 1. The van der Waals surface area contributed by atoms with E-state index in [4.69, 9.17) is 11.6 Å². The van der Waals surface area contributed by atoms with Gasteiger partial charge in [0.2, 0.25) is 5.95 Å². The minimum atomic E-state index is -0.653. The topological polar surface area (TPSA) is 116 Å². The van der Waals surface area contributed by atoms with Gasteiger partial charge in [0, 0.05) is 18.2 Å². The summed E-state index contributed by atoms with van der Waals surface area (Å²) in [6, 6.07) is 3.79. The molecular weight excluding hydrogens is 300 g/mol. The summed E-state index contributed by atoms with van der Waals surface area (Å²) in [5.74, 6) is -0.374. The SMILES string of the molecule is CCCn1nnnc1NC(=O)c1ccc(Cl)c([N+](=O)[O-])c1. The monoisotopic (exact) mass is 310 g/mol. The number of hydrogen-bond donors (Lipinski definition) is 1. The molecule has 0 unspecified atom stereocenters. The van der Waals surface area contributed by atoms with E-state index in [2.05, 4.69) is 20.8 Å². The number of halogens is 1. The number of nitrogens with one attached hydrogen (secondary N) is 1. The fourth-order valence-electron chi connectivity index (χ4n) is 1.62. The maximum atomic E-state index is 12.1. The first kappa shape index (κ1) is 14.9. The van der Waals surface area contributed by atoms with E-state index in [1.165, 1.54) is 16.8 Å². The third-order valence-electron chi connectivity index (χ3n) is 2.60. The molecule has 21 heavy (non-hydrogen) atoms. The van der Waals surface area contributed by atoms with Crippen molar-refractivity contribution < 1.29 is 9.72 Å². The summed E-state index contributed by atoms with van der Waals surface area (Å²) in [5.41, 5.74) is -0.241. The smallest absolute Gasteiger partial charge is 0.288 e. The molecule has 2 rings (SSSR count). The van der Waals surface area contributed by atoms with Crippen molar-refractivity contribution in [2.75, 3.05) is 5.32 Å². The fraction of sp³-hybridized carbons (Fsp3) is 0.273. The van der Waals surface area contributed by atoms with Crippen molar-refractivity contribution in [3.05, 3.63) is 38.9 Å². The van der Waals surface area contributed by atoms with Crippen molar-refractivity contribution >= 4 is 29.1 Å². The third-order valence-corrected chi connectivity index (χ3v) is 2.92. The minimum Gasteiger partial charge on any atom is -0.289 e. The molecule has 0 saturated heterocycles. The molecule has 0 atom stereocenters. The molecule has 1 amide bonds. The average Bonchev–Trinajstić information content (AvgIpc) is 2.86. The molecule has 1 aromatic heterocycles. The summed E-state index contributed by atoms with van der Waals surface area (Å²) >= 11 is 5.70. The van der Waals surface area contributed by atoms with E-state index in [0.717, 1.165) is 12.5 Å². The van der Waals surface area contributed by atoms with Gasteiger partial charge in [-0.15, -0.1) is 0 Å². The van der Waals surface area contributed by atoms with Crippen LogP contribution < -0.4 is 5.32 Å². The Morgan fingerprint density at radius 1 is 1.52 bits per heavy atom. The van der Waals surface area contributed by atoms with Gasteiger partial charge in [-0.25, -0.2) is 4.68 Å².